The van der Waals surface area contributed by atoms with Gasteiger partial charge in [-0.05, 0) is 31.4 Å². The van der Waals surface area contributed by atoms with Crippen LogP contribution < -0.4 is 16.1 Å². The molecule has 0 saturated heterocycles. The molecule has 0 aliphatic heterocycles. The summed E-state index contributed by atoms with van der Waals surface area (Å²) in [4.78, 5) is 53.6. The molecule has 0 radical (unpaired) electrons. The van der Waals surface area contributed by atoms with E-state index in [1.807, 2.05) is 30.7 Å². The number of hydrogen-bond donors (Lipinski definition) is 0. The number of carbonyl (C=O) groups is 1. The van der Waals surface area contributed by atoms with E-state index in [1.54, 1.807) is 24.5 Å². The third kappa shape index (κ3) is 4.02. The number of hydrogen-bond acceptors (Lipinski definition) is 7. The van der Waals surface area contributed by atoms with E-state index < -0.39 is 11.2 Å². The van der Waals surface area contributed by atoms with Crippen LogP contribution in [0, 0.1) is 13.8 Å². The zero-order chi connectivity index (χ0) is 25.6. The van der Waals surface area contributed by atoms with E-state index >= 15 is 0 Å². The Labute approximate surface area is 209 Å². The maximum atomic E-state index is 13.7. The lowest BCUT2D eigenvalue weighted by Gasteiger charge is -2.20. The van der Waals surface area contributed by atoms with Gasteiger partial charge >= 0.3 is 5.69 Å². The van der Waals surface area contributed by atoms with E-state index in [0.717, 1.165) is 25.9 Å². The summed E-state index contributed by atoms with van der Waals surface area (Å²) >= 11 is 1.49. The minimum Gasteiger partial charge on any atom is -0.337 e. The SMILES string of the molecule is Cc1ccc(C)c2sc(N(CCCn3ccnc3)C(=O)Cn3cnc4c3c(=O)n(C)c(=O)n4C)nc12. The van der Waals surface area contributed by atoms with Crippen molar-refractivity contribution in [1.29, 1.82) is 0 Å². The highest BCUT2D eigenvalue weighted by molar-refractivity contribution is 7.22. The van der Waals surface area contributed by atoms with Crippen molar-refractivity contribution in [3.8, 4) is 0 Å². The van der Waals surface area contributed by atoms with Gasteiger partial charge < -0.3 is 9.13 Å². The van der Waals surface area contributed by atoms with E-state index in [-0.39, 0.29) is 23.6 Å². The second-order valence-corrected chi connectivity index (χ2v) is 9.80. The van der Waals surface area contributed by atoms with Gasteiger partial charge in [-0.3, -0.25) is 23.6 Å². The molecule has 1 aromatic carbocycles. The molecule has 36 heavy (non-hydrogen) atoms. The first-order valence-electron chi connectivity index (χ1n) is 11.5. The highest BCUT2D eigenvalue weighted by atomic mass is 32.1. The largest absolute Gasteiger partial charge is 0.337 e. The van der Waals surface area contributed by atoms with Gasteiger partial charge in [0.2, 0.25) is 5.91 Å². The second-order valence-electron chi connectivity index (χ2n) is 8.82. The number of imidazole rings is 2. The molecule has 0 saturated carbocycles. The molecule has 0 aliphatic carbocycles. The van der Waals surface area contributed by atoms with Crippen LogP contribution in [-0.4, -0.2) is 45.7 Å². The van der Waals surface area contributed by atoms with Crippen LogP contribution in [-0.2, 0) is 32.0 Å². The van der Waals surface area contributed by atoms with Gasteiger partial charge in [0.25, 0.3) is 5.56 Å². The van der Waals surface area contributed by atoms with Gasteiger partial charge in [0.05, 0.1) is 22.9 Å². The number of benzene rings is 1. The summed E-state index contributed by atoms with van der Waals surface area (Å²) in [5.74, 6) is -0.217. The third-order valence-corrected chi connectivity index (χ3v) is 7.56. The summed E-state index contributed by atoms with van der Waals surface area (Å²) in [6.45, 7) is 5.07. The number of carbonyl (C=O) groups excluding carboxylic acids is 1. The predicted molar refractivity (Wildman–Crippen MR) is 139 cm³/mol. The molecular formula is C24H26N8O3S. The van der Waals surface area contributed by atoms with Crippen molar-refractivity contribution < 1.29 is 4.79 Å². The average molecular weight is 507 g/mol. The van der Waals surface area contributed by atoms with E-state index in [0.29, 0.717) is 24.6 Å². The third-order valence-electron chi connectivity index (χ3n) is 6.34. The first-order chi connectivity index (χ1) is 17.3. The molecule has 1 amide bonds. The monoisotopic (exact) mass is 506 g/mol. The lowest BCUT2D eigenvalue weighted by molar-refractivity contribution is -0.119. The van der Waals surface area contributed by atoms with Gasteiger partial charge in [0.1, 0.15) is 6.54 Å². The maximum absolute atomic E-state index is 13.7. The first-order valence-corrected chi connectivity index (χ1v) is 12.3. The predicted octanol–water partition coefficient (Wildman–Crippen LogP) is 1.98. The van der Waals surface area contributed by atoms with Crippen LogP contribution in [0.5, 0.6) is 0 Å². The summed E-state index contributed by atoms with van der Waals surface area (Å²) in [6, 6.07) is 4.09. The number of amides is 1. The minimum atomic E-state index is -0.490. The van der Waals surface area contributed by atoms with Crippen molar-refractivity contribution in [3.05, 3.63) is 69.1 Å². The molecule has 0 aliphatic rings. The Bertz CT molecular complexity index is 1670. The van der Waals surface area contributed by atoms with E-state index in [2.05, 4.69) is 16.0 Å². The van der Waals surface area contributed by atoms with Crippen LogP contribution >= 0.6 is 11.3 Å². The van der Waals surface area contributed by atoms with Crippen molar-refractivity contribution >= 4 is 43.8 Å². The summed E-state index contributed by atoms with van der Waals surface area (Å²) in [6.07, 6.45) is 7.47. The molecule has 0 N–H and O–H groups in total. The Morgan fingerprint density at radius 3 is 2.58 bits per heavy atom. The number of fused-ring (bicyclic) bond motifs is 2. The standard InChI is InChI=1S/C24H26N8O3S/c1-15-6-7-16(2)20-18(15)27-23(36-20)32(10-5-9-30-11-8-25-13-30)17(33)12-31-14-26-21-19(31)22(34)29(4)24(35)28(21)3/h6-8,11,13-14H,5,9-10,12H2,1-4H3. The lowest BCUT2D eigenvalue weighted by Crippen LogP contribution is -2.39. The molecule has 186 valence electrons. The fourth-order valence-corrected chi connectivity index (χ4v) is 5.42. The van der Waals surface area contributed by atoms with Crippen molar-refractivity contribution in [2.75, 3.05) is 11.4 Å². The Morgan fingerprint density at radius 1 is 1.08 bits per heavy atom. The molecule has 0 atom stereocenters. The molecule has 0 bridgehead atoms. The molecule has 5 aromatic rings. The second kappa shape index (κ2) is 9.19. The Hall–Kier alpha value is -4.06. The summed E-state index contributed by atoms with van der Waals surface area (Å²) in [7, 11) is 2.97. The Morgan fingerprint density at radius 2 is 1.86 bits per heavy atom. The lowest BCUT2D eigenvalue weighted by atomic mass is 10.1. The number of anilines is 1. The van der Waals surface area contributed by atoms with Crippen molar-refractivity contribution in [1.82, 2.24) is 33.2 Å². The van der Waals surface area contributed by atoms with Gasteiger partial charge in [0, 0.05) is 39.6 Å². The van der Waals surface area contributed by atoms with Gasteiger partial charge in [0.15, 0.2) is 16.3 Å². The number of nitrogens with zero attached hydrogens (tertiary/aromatic N) is 8. The molecule has 0 unspecified atom stereocenters. The molecular weight excluding hydrogens is 480 g/mol. The fourth-order valence-electron chi connectivity index (χ4n) is 4.27. The van der Waals surface area contributed by atoms with Crippen LogP contribution in [0.2, 0.25) is 0 Å². The Kier molecular flexibility index (Phi) is 6.04. The molecule has 0 spiro atoms. The number of aromatic nitrogens is 7. The smallest absolute Gasteiger partial charge is 0.332 e. The van der Waals surface area contributed by atoms with Gasteiger partial charge in [-0.15, -0.1) is 0 Å². The highest BCUT2D eigenvalue weighted by Crippen LogP contribution is 2.33. The van der Waals surface area contributed by atoms with Crippen LogP contribution in [0.1, 0.15) is 17.5 Å². The van der Waals surface area contributed by atoms with E-state index in [1.165, 1.54) is 33.8 Å². The summed E-state index contributed by atoms with van der Waals surface area (Å²) in [5, 5.41) is 0.614. The van der Waals surface area contributed by atoms with Gasteiger partial charge in [-0.1, -0.05) is 23.5 Å². The quantitative estimate of drug-likeness (QED) is 0.334. The zero-order valence-electron chi connectivity index (χ0n) is 20.5. The number of aryl methyl sites for hydroxylation is 4. The molecule has 12 heteroatoms. The number of rotatable bonds is 7. The molecule has 5 rings (SSSR count). The zero-order valence-corrected chi connectivity index (χ0v) is 21.3. The van der Waals surface area contributed by atoms with Crippen molar-refractivity contribution in [2.24, 2.45) is 14.1 Å². The molecule has 4 heterocycles. The van der Waals surface area contributed by atoms with Crippen LogP contribution in [0.4, 0.5) is 5.13 Å². The topological polar surface area (TPSA) is 113 Å². The maximum Gasteiger partial charge on any atom is 0.332 e. The molecule has 0 fully saturated rings. The van der Waals surface area contributed by atoms with Crippen LogP contribution in [0.3, 0.4) is 0 Å². The summed E-state index contributed by atoms with van der Waals surface area (Å²) in [5.41, 5.74) is 2.54. The Balaban J connectivity index is 1.51. The highest BCUT2D eigenvalue weighted by Gasteiger charge is 2.23. The van der Waals surface area contributed by atoms with Gasteiger partial charge in [-0.25, -0.2) is 19.7 Å². The van der Waals surface area contributed by atoms with Crippen LogP contribution in [0.25, 0.3) is 21.4 Å². The van der Waals surface area contributed by atoms with Crippen molar-refractivity contribution in [3.63, 3.8) is 0 Å². The van der Waals surface area contributed by atoms with Crippen LogP contribution in [0.15, 0.2) is 46.8 Å². The van der Waals surface area contributed by atoms with Crippen molar-refractivity contribution in [2.45, 2.75) is 33.4 Å². The van der Waals surface area contributed by atoms with Gasteiger partial charge in [-0.2, -0.15) is 0 Å². The van der Waals surface area contributed by atoms with E-state index in [4.69, 9.17) is 4.98 Å². The number of thiazole rings is 1. The van der Waals surface area contributed by atoms with E-state index in [9.17, 15) is 14.4 Å². The molecule has 11 nitrogen and oxygen atoms in total. The minimum absolute atomic E-state index is 0.108. The average Bonchev–Trinajstić information content (AvgIpc) is 3.62. The normalized spacial score (nSPS) is 11.6. The first kappa shape index (κ1) is 23.7. The summed E-state index contributed by atoms with van der Waals surface area (Å²) < 4.78 is 6.84. The molecule has 4 aromatic heterocycles. The fraction of sp³-hybridized carbons (Fsp3) is 0.333.